The molecule has 0 aliphatic rings. The number of benzene rings is 1. The topological polar surface area (TPSA) is 25.2 Å². The summed E-state index contributed by atoms with van der Waals surface area (Å²) >= 11 is 0. The lowest BCUT2D eigenvalue weighted by molar-refractivity contribution is -0.137. The molecular weight excluding hydrogens is 274 g/mol. The molecule has 1 N–H and O–H groups in total. The Morgan fingerprint density at radius 1 is 1.25 bits per heavy atom. The number of halogens is 4. The van der Waals surface area contributed by atoms with Crippen molar-refractivity contribution in [3.8, 4) is 0 Å². The van der Waals surface area contributed by atoms with E-state index in [9.17, 15) is 17.6 Å². The van der Waals surface area contributed by atoms with E-state index >= 15 is 0 Å². The van der Waals surface area contributed by atoms with Crippen LogP contribution in [0.3, 0.4) is 0 Å². The van der Waals surface area contributed by atoms with Crippen molar-refractivity contribution in [2.24, 2.45) is 0 Å². The molecule has 2 aromatic rings. The molecule has 6 heteroatoms. The fourth-order valence-corrected chi connectivity index (χ4v) is 1.83. The second kappa shape index (κ2) is 5.66. The molecule has 0 saturated carbocycles. The van der Waals surface area contributed by atoms with Gasteiger partial charge in [-0.3, -0.25) is 0 Å². The van der Waals surface area contributed by atoms with Gasteiger partial charge in [0.05, 0.1) is 17.9 Å². The summed E-state index contributed by atoms with van der Waals surface area (Å²) in [5, 5.41) is 2.98. The van der Waals surface area contributed by atoms with E-state index in [1.165, 1.54) is 6.26 Å². The predicted octanol–water partition coefficient (Wildman–Crippen LogP) is 4.29. The molecule has 0 bridgehead atoms. The lowest BCUT2D eigenvalue weighted by Crippen LogP contribution is -2.18. The van der Waals surface area contributed by atoms with Crippen molar-refractivity contribution in [2.45, 2.75) is 25.7 Å². The van der Waals surface area contributed by atoms with Crippen LogP contribution in [0.2, 0.25) is 0 Å². The van der Waals surface area contributed by atoms with Crippen LogP contribution in [-0.4, -0.2) is 0 Å². The first-order chi connectivity index (χ1) is 9.36. The van der Waals surface area contributed by atoms with E-state index in [1.54, 1.807) is 12.1 Å². The third-order valence-electron chi connectivity index (χ3n) is 2.87. The van der Waals surface area contributed by atoms with E-state index in [2.05, 4.69) is 5.32 Å². The van der Waals surface area contributed by atoms with Gasteiger partial charge < -0.3 is 9.73 Å². The van der Waals surface area contributed by atoms with E-state index in [1.807, 2.05) is 6.92 Å². The summed E-state index contributed by atoms with van der Waals surface area (Å²) in [5.74, 6) is -0.236. The summed E-state index contributed by atoms with van der Waals surface area (Å²) in [7, 11) is 0. The molecule has 0 fully saturated rings. The van der Waals surface area contributed by atoms with Gasteiger partial charge in [0.1, 0.15) is 11.6 Å². The van der Waals surface area contributed by atoms with Crippen LogP contribution in [-0.2, 0) is 12.7 Å². The summed E-state index contributed by atoms with van der Waals surface area (Å²) in [4.78, 5) is 0. The number of nitrogens with one attached hydrogen (secondary N) is 1. The molecule has 2 rings (SSSR count). The Balaban J connectivity index is 2.08. The van der Waals surface area contributed by atoms with Gasteiger partial charge in [0.15, 0.2) is 0 Å². The van der Waals surface area contributed by atoms with Gasteiger partial charge in [-0.05, 0) is 42.8 Å². The zero-order valence-corrected chi connectivity index (χ0v) is 10.7. The van der Waals surface area contributed by atoms with Gasteiger partial charge in [0.2, 0.25) is 0 Å². The third kappa shape index (κ3) is 3.60. The molecule has 0 spiro atoms. The monoisotopic (exact) mass is 287 g/mol. The number of alkyl halides is 3. The molecule has 1 heterocycles. The summed E-state index contributed by atoms with van der Waals surface area (Å²) < 4.78 is 56.1. The van der Waals surface area contributed by atoms with Crippen LogP contribution in [0, 0.1) is 5.82 Å². The molecule has 0 radical (unpaired) electrons. The maximum Gasteiger partial charge on any atom is 0.416 e. The maximum absolute atomic E-state index is 13.2. The van der Waals surface area contributed by atoms with Crippen molar-refractivity contribution in [1.29, 1.82) is 0 Å². The molecule has 0 amide bonds. The molecule has 2 nitrogen and oxygen atoms in total. The summed E-state index contributed by atoms with van der Waals surface area (Å²) in [6.07, 6.45) is -3.04. The van der Waals surface area contributed by atoms with E-state index in [-0.39, 0.29) is 18.2 Å². The third-order valence-corrected chi connectivity index (χ3v) is 2.87. The van der Waals surface area contributed by atoms with Gasteiger partial charge in [0.25, 0.3) is 0 Å². The van der Waals surface area contributed by atoms with Crippen LogP contribution < -0.4 is 5.32 Å². The molecule has 1 aromatic heterocycles. The SMILES string of the molecule is CC(NCc1cc(F)cc(C(F)(F)F)c1)c1ccco1. The lowest BCUT2D eigenvalue weighted by Gasteiger charge is -2.13. The van der Waals surface area contributed by atoms with E-state index in [4.69, 9.17) is 4.42 Å². The zero-order valence-electron chi connectivity index (χ0n) is 10.7. The Morgan fingerprint density at radius 2 is 2.00 bits per heavy atom. The predicted molar refractivity (Wildman–Crippen MR) is 65.4 cm³/mol. The fourth-order valence-electron chi connectivity index (χ4n) is 1.83. The number of hydrogen-bond donors (Lipinski definition) is 1. The molecule has 0 aliphatic carbocycles. The normalized spacial score (nSPS) is 13.4. The van der Waals surface area contributed by atoms with Crippen molar-refractivity contribution in [3.63, 3.8) is 0 Å². The van der Waals surface area contributed by atoms with Crippen molar-refractivity contribution in [1.82, 2.24) is 5.32 Å². The summed E-state index contributed by atoms with van der Waals surface area (Å²) in [6, 6.07) is 5.80. The van der Waals surface area contributed by atoms with Gasteiger partial charge in [0, 0.05) is 6.54 Å². The van der Waals surface area contributed by atoms with Crippen molar-refractivity contribution in [3.05, 3.63) is 59.3 Å². The maximum atomic E-state index is 13.2. The number of hydrogen-bond acceptors (Lipinski definition) is 2. The van der Waals surface area contributed by atoms with Gasteiger partial charge in [-0.15, -0.1) is 0 Å². The van der Waals surface area contributed by atoms with Gasteiger partial charge in [-0.1, -0.05) is 0 Å². The smallest absolute Gasteiger partial charge is 0.416 e. The Bertz CT molecular complexity index is 563. The van der Waals surface area contributed by atoms with E-state index < -0.39 is 17.6 Å². The van der Waals surface area contributed by atoms with Crippen LogP contribution in [0.15, 0.2) is 41.0 Å². The minimum Gasteiger partial charge on any atom is -0.468 e. The quantitative estimate of drug-likeness (QED) is 0.849. The fraction of sp³-hybridized carbons (Fsp3) is 0.286. The van der Waals surface area contributed by atoms with Crippen molar-refractivity contribution < 1.29 is 22.0 Å². The van der Waals surface area contributed by atoms with Crippen LogP contribution in [0.1, 0.15) is 29.9 Å². The highest BCUT2D eigenvalue weighted by atomic mass is 19.4. The minimum atomic E-state index is -4.55. The van der Waals surface area contributed by atoms with Crippen molar-refractivity contribution >= 4 is 0 Å². The van der Waals surface area contributed by atoms with Crippen LogP contribution >= 0.6 is 0 Å². The lowest BCUT2D eigenvalue weighted by atomic mass is 10.1. The molecule has 20 heavy (non-hydrogen) atoms. The molecule has 0 saturated heterocycles. The van der Waals surface area contributed by atoms with Gasteiger partial charge >= 0.3 is 6.18 Å². The second-order valence-corrected chi connectivity index (χ2v) is 4.46. The molecule has 1 atom stereocenters. The average molecular weight is 287 g/mol. The second-order valence-electron chi connectivity index (χ2n) is 4.46. The molecular formula is C14H13F4NO. The van der Waals surface area contributed by atoms with Gasteiger partial charge in [-0.25, -0.2) is 4.39 Å². The first-order valence-corrected chi connectivity index (χ1v) is 5.99. The Kier molecular flexibility index (Phi) is 4.13. The number of rotatable bonds is 4. The van der Waals surface area contributed by atoms with E-state index in [0.717, 1.165) is 12.1 Å². The first-order valence-electron chi connectivity index (χ1n) is 5.99. The van der Waals surface area contributed by atoms with Crippen LogP contribution in [0.25, 0.3) is 0 Å². The highest BCUT2D eigenvalue weighted by Gasteiger charge is 2.31. The highest BCUT2D eigenvalue weighted by Crippen LogP contribution is 2.30. The largest absolute Gasteiger partial charge is 0.468 e. The van der Waals surface area contributed by atoms with Crippen LogP contribution in [0.4, 0.5) is 17.6 Å². The Labute approximate surface area is 113 Å². The standard InChI is InChI=1S/C14H13F4NO/c1-9(13-3-2-4-20-13)19-8-10-5-11(14(16,17)18)7-12(15)6-10/h2-7,9,19H,8H2,1H3. The molecule has 108 valence electrons. The summed E-state index contributed by atoms with van der Waals surface area (Å²) in [5.41, 5.74) is -0.754. The molecule has 0 aliphatic heterocycles. The summed E-state index contributed by atoms with van der Waals surface area (Å²) in [6.45, 7) is 1.92. The highest BCUT2D eigenvalue weighted by molar-refractivity contribution is 5.27. The molecule has 1 unspecified atom stereocenters. The zero-order chi connectivity index (χ0) is 14.8. The van der Waals surface area contributed by atoms with Crippen molar-refractivity contribution in [2.75, 3.05) is 0 Å². The van der Waals surface area contributed by atoms with Crippen LogP contribution in [0.5, 0.6) is 0 Å². The number of furan rings is 1. The Hall–Kier alpha value is -1.82. The average Bonchev–Trinajstić information content (AvgIpc) is 2.88. The first kappa shape index (κ1) is 14.6. The van der Waals surface area contributed by atoms with E-state index in [0.29, 0.717) is 11.8 Å². The Morgan fingerprint density at radius 3 is 2.60 bits per heavy atom. The molecule has 1 aromatic carbocycles. The minimum absolute atomic E-state index is 0.114. The van der Waals surface area contributed by atoms with Gasteiger partial charge in [-0.2, -0.15) is 13.2 Å².